The fraction of sp³-hybridized carbons (Fsp3) is 0.345. The van der Waals surface area contributed by atoms with Crippen LogP contribution in [-0.4, -0.2) is 29.6 Å². The first-order chi connectivity index (χ1) is 18.5. The van der Waals surface area contributed by atoms with Crippen LogP contribution in [0.25, 0.3) is 0 Å². The Morgan fingerprint density at radius 1 is 0.769 bits per heavy atom. The van der Waals surface area contributed by atoms with Gasteiger partial charge in [-0.3, -0.25) is 33.8 Å². The third kappa shape index (κ3) is 3.17. The Balaban J connectivity index is 1.53. The number of nitrogens with zero attached hydrogens (tertiary/aromatic N) is 2. The van der Waals surface area contributed by atoms with Gasteiger partial charge in [-0.1, -0.05) is 13.8 Å². The Bertz CT molecular complexity index is 1410. The maximum atomic E-state index is 14.0. The third-order valence-electron chi connectivity index (χ3n) is 8.79. The molecule has 2 heterocycles. The highest BCUT2D eigenvalue weighted by Gasteiger charge is 2.77. The van der Waals surface area contributed by atoms with Crippen molar-refractivity contribution in [3.63, 3.8) is 0 Å². The number of benzene rings is 2. The molecule has 7 rings (SSSR count). The van der Waals surface area contributed by atoms with Crippen LogP contribution in [0.3, 0.4) is 0 Å². The van der Waals surface area contributed by atoms with E-state index in [1.807, 2.05) is 0 Å². The van der Waals surface area contributed by atoms with Crippen molar-refractivity contribution in [3.8, 4) is 0 Å². The average molecular weight is 535 g/mol. The van der Waals surface area contributed by atoms with Crippen LogP contribution in [0.1, 0.15) is 27.2 Å². The maximum absolute atomic E-state index is 14.0. The van der Waals surface area contributed by atoms with E-state index in [1.165, 1.54) is 24.3 Å². The third-order valence-corrected chi connectivity index (χ3v) is 8.79. The summed E-state index contributed by atoms with van der Waals surface area (Å²) in [7, 11) is 0. The fourth-order valence-electron chi connectivity index (χ4n) is 7.25. The zero-order chi connectivity index (χ0) is 28.0. The molecule has 0 radical (unpaired) electrons. The molecule has 4 amide bonds. The zero-order valence-electron chi connectivity index (χ0n) is 21.3. The SMILES string of the molecule is CCC(=O)OC1=C(C)C2[C@H]3C(=O)N(c4ccc(F)cc4)C(=O)[C@@H]3C1(C)[C@H]1C(=O)N(c3ccc(F)cc3)C(=O)[C@@H]21. The van der Waals surface area contributed by atoms with Gasteiger partial charge in [0, 0.05) is 12.3 Å². The molecule has 2 aromatic rings. The van der Waals surface area contributed by atoms with Gasteiger partial charge in [-0.05, 0) is 61.0 Å². The number of hydrogen-bond acceptors (Lipinski definition) is 6. The van der Waals surface area contributed by atoms with Crippen LogP contribution >= 0.6 is 0 Å². The minimum absolute atomic E-state index is 0.0306. The predicted octanol–water partition coefficient (Wildman–Crippen LogP) is 3.75. The summed E-state index contributed by atoms with van der Waals surface area (Å²) in [5.41, 5.74) is -0.707. The molecule has 2 aliphatic heterocycles. The van der Waals surface area contributed by atoms with E-state index in [9.17, 15) is 32.8 Å². The lowest BCUT2D eigenvalue weighted by Gasteiger charge is -2.55. The van der Waals surface area contributed by atoms with Crippen molar-refractivity contribution in [3.05, 3.63) is 71.5 Å². The second kappa shape index (κ2) is 8.39. The summed E-state index contributed by atoms with van der Waals surface area (Å²) >= 11 is 0. The van der Waals surface area contributed by atoms with Gasteiger partial charge in [0.05, 0.1) is 40.5 Å². The number of hydrogen-bond donors (Lipinski definition) is 0. The molecular weight excluding hydrogens is 510 g/mol. The molecule has 2 aromatic carbocycles. The van der Waals surface area contributed by atoms with Crippen molar-refractivity contribution < 1.29 is 37.5 Å². The van der Waals surface area contributed by atoms with Gasteiger partial charge < -0.3 is 4.74 Å². The number of esters is 1. The lowest BCUT2D eigenvalue weighted by Crippen LogP contribution is -2.60. The zero-order valence-corrected chi connectivity index (χ0v) is 21.3. The Hall–Kier alpha value is -4.21. The molecule has 200 valence electrons. The standard InChI is InChI=1S/C29H24F2N2O6/c1-4-18(34)39-24-13(2)19-20-22(27(37)32(25(20)35)16-9-5-14(30)6-10-16)29(24,3)23-21(19)26(36)33(28(23)38)17-11-7-15(31)8-12-17/h5-12,19-23H,4H2,1-3H3/t19?,20-,21+,22-,23-,29?/m1/s1. The van der Waals surface area contributed by atoms with Crippen LogP contribution < -0.4 is 9.80 Å². The number of carbonyl (C=O) groups is 5. The van der Waals surface area contributed by atoms with Gasteiger partial charge in [-0.25, -0.2) is 8.78 Å². The van der Waals surface area contributed by atoms with E-state index in [0.29, 0.717) is 5.57 Å². The molecule has 2 unspecified atom stereocenters. The van der Waals surface area contributed by atoms with Crippen molar-refractivity contribution in [2.75, 3.05) is 9.80 Å². The molecule has 2 saturated heterocycles. The summed E-state index contributed by atoms with van der Waals surface area (Å²) in [5, 5.41) is 0. The van der Waals surface area contributed by atoms with Crippen molar-refractivity contribution in [2.45, 2.75) is 27.2 Å². The first-order valence-electron chi connectivity index (χ1n) is 12.7. The highest BCUT2D eigenvalue weighted by atomic mass is 19.1. The molecule has 3 fully saturated rings. The Kier molecular flexibility index (Phi) is 5.40. The summed E-state index contributed by atoms with van der Waals surface area (Å²) in [6.07, 6.45) is 0.0306. The summed E-state index contributed by atoms with van der Waals surface area (Å²) < 4.78 is 33.0. The Labute approximate surface area is 222 Å². The normalized spacial score (nSPS) is 31.3. The van der Waals surface area contributed by atoms with Gasteiger partial charge in [0.1, 0.15) is 17.4 Å². The summed E-state index contributed by atoms with van der Waals surface area (Å²) in [5.74, 6) is -8.97. The predicted molar refractivity (Wildman–Crippen MR) is 132 cm³/mol. The number of imide groups is 2. The minimum atomic E-state index is -1.51. The van der Waals surface area contributed by atoms with Crippen molar-refractivity contribution in [2.24, 2.45) is 35.0 Å². The molecular formula is C29H24F2N2O6. The second-order valence-electron chi connectivity index (χ2n) is 10.6. The Morgan fingerprint density at radius 2 is 1.18 bits per heavy atom. The number of ether oxygens (including phenoxy) is 1. The topological polar surface area (TPSA) is 101 Å². The number of halogens is 2. The number of amides is 4. The average Bonchev–Trinajstić information content (AvgIpc) is 3.33. The highest BCUT2D eigenvalue weighted by molar-refractivity contribution is 6.27. The number of anilines is 2. The molecule has 2 bridgehead atoms. The van der Waals surface area contributed by atoms with E-state index in [-0.39, 0.29) is 23.6 Å². The number of carbonyl (C=O) groups excluding carboxylic acids is 5. The van der Waals surface area contributed by atoms with Gasteiger partial charge in [0.15, 0.2) is 0 Å². The van der Waals surface area contributed by atoms with E-state index in [1.54, 1.807) is 20.8 Å². The number of rotatable bonds is 4. The maximum Gasteiger partial charge on any atom is 0.310 e. The molecule has 3 aliphatic carbocycles. The van der Waals surface area contributed by atoms with E-state index in [2.05, 4.69) is 0 Å². The molecule has 0 spiro atoms. The first-order valence-corrected chi connectivity index (χ1v) is 12.7. The van der Waals surface area contributed by atoms with Gasteiger partial charge in [0.2, 0.25) is 23.6 Å². The summed E-state index contributed by atoms with van der Waals surface area (Å²) in [4.78, 5) is 70.2. The molecule has 5 aliphatic rings. The molecule has 10 heteroatoms. The molecule has 8 nitrogen and oxygen atoms in total. The van der Waals surface area contributed by atoms with Crippen LogP contribution in [0.2, 0.25) is 0 Å². The molecule has 39 heavy (non-hydrogen) atoms. The highest BCUT2D eigenvalue weighted by Crippen LogP contribution is 2.68. The van der Waals surface area contributed by atoms with Crippen LogP contribution in [-0.2, 0) is 28.7 Å². The van der Waals surface area contributed by atoms with Gasteiger partial charge >= 0.3 is 5.97 Å². The van der Waals surface area contributed by atoms with E-state index >= 15 is 0 Å². The number of allylic oxidation sites excluding steroid dienone is 2. The molecule has 1 saturated carbocycles. The fourth-order valence-corrected chi connectivity index (χ4v) is 7.25. The smallest absolute Gasteiger partial charge is 0.310 e. The first kappa shape index (κ1) is 25.1. The molecule has 6 atom stereocenters. The minimum Gasteiger partial charge on any atom is -0.430 e. The Morgan fingerprint density at radius 3 is 1.56 bits per heavy atom. The lowest BCUT2D eigenvalue weighted by molar-refractivity contribution is -0.160. The van der Waals surface area contributed by atoms with Crippen LogP contribution in [0.15, 0.2) is 59.9 Å². The quantitative estimate of drug-likeness (QED) is 0.438. The van der Waals surface area contributed by atoms with Crippen LogP contribution in [0, 0.1) is 46.6 Å². The van der Waals surface area contributed by atoms with Crippen LogP contribution in [0.4, 0.5) is 20.2 Å². The van der Waals surface area contributed by atoms with Crippen molar-refractivity contribution in [1.29, 1.82) is 0 Å². The van der Waals surface area contributed by atoms with Gasteiger partial charge in [-0.2, -0.15) is 0 Å². The van der Waals surface area contributed by atoms with Crippen molar-refractivity contribution in [1.82, 2.24) is 0 Å². The van der Waals surface area contributed by atoms with E-state index in [0.717, 1.165) is 34.1 Å². The van der Waals surface area contributed by atoms with E-state index < -0.39 is 76.2 Å². The molecule has 0 aromatic heterocycles. The van der Waals surface area contributed by atoms with Gasteiger partial charge in [-0.15, -0.1) is 0 Å². The van der Waals surface area contributed by atoms with Crippen LogP contribution in [0.5, 0.6) is 0 Å². The molecule has 0 N–H and O–H groups in total. The summed E-state index contributed by atoms with van der Waals surface area (Å²) in [6, 6.07) is 9.81. The second-order valence-corrected chi connectivity index (χ2v) is 10.6. The van der Waals surface area contributed by atoms with E-state index in [4.69, 9.17) is 4.74 Å². The lowest BCUT2D eigenvalue weighted by atomic mass is 9.45. The largest absolute Gasteiger partial charge is 0.430 e. The monoisotopic (exact) mass is 534 g/mol. The van der Waals surface area contributed by atoms with Gasteiger partial charge in [0.25, 0.3) is 0 Å². The van der Waals surface area contributed by atoms with Crippen molar-refractivity contribution >= 4 is 41.0 Å². The summed E-state index contributed by atoms with van der Waals surface area (Å²) in [6.45, 7) is 4.86.